The Bertz CT molecular complexity index is 267. The highest BCUT2D eigenvalue weighted by Crippen LogP contribution is 2.28. The van der Waals surface area contributed by atoms with Crippen LogP contribution in [-0.2, 0) is 0 Å². The van der Waals surface area contributed by atoms with Gasteiger partial charge in [0.1, 0.15) is 0 Å². The smallest absolute Gasteiger partial charge is 0.385 e. The second-order valence-corrected chi connectivity index (χ2v) is 2.38. The van der Waals surface area contributed by atoms with Crippen LogP contribution in [-0.4, -0.2) is 13.2 Å². The molecule has 0 aromatic heterocycles. The summed E-state index contributed by atoms with van der Waals surface area (Å²) in [4.78, 5) is 0. The van der Waals surface area contributed by atoms with E-state index in [4.69, 9.17) is 0 Å². The van der Waals surface area contributed by atoms with Gasteiger partial charge in [-0.2, -0.15) is 13.2 Å². The van der Waals surface area contributed by atoms with E-state index in [2.05, 4.69) is 11.0 Å². The molecule has 0 atom stereocenters. The molecule has 0 fully saturated rings. The van der Waals surface area contributed by atoms with Crippen LogP contribution >= 0.6 is 0 Å². The van der Waals surface area contributed by atoms with Crippen molar-refractivity contribution in [2.24, 2.45) is 0 Å². The van der Waals surface area contributed by atoms with Crippen LogP contribution in [0.5, 0.6) is 0 Å². The first-order chi connectivity index (χ1) is 5.54. The molecule has 4 heteroatoms. The van der Waals surface area contributed by atoms with Crippen molar-refractivity contribution in [2.75, 3.05) is 7.05 Å². The van der Waals surface area contributed by atoms with Gasteiger partial charge in [-0.15, -0.1) is 0 Å². The van der Waals surface area contributed by atoms with E-state index in [-0.39, 0.29) is 6.42 Å². The van der Waals surface area contributed by atoms with E-state index in [1.54, 1.807) is 7.05 Å². The molecule has 66 valence electrons. The van der Waals surface area contributed by atoms with E-state index in [0.717, 1.165) is 12.2 Å². The average Bonchev–Trinajstić information content (AvgIpc) is 2.03. The lowest BCUT2D eigenvalue weighted by Gasteiger charge is -2.10. The van der Waals surface area contributed by atoms with Crippen LogP contribution in [0.2, 0.25) is 0 Å². The van der Waals surface area contributed by atoms with Gasteiger partial charge < -0.3 is 5.32 Å². The number of allylic oxidation sites excluding steroid dienone is 2. The molecular formula is C8H8F3N. The normalized spacial score (nSPS) is 17.0. The maximum Gasteiger partial charge on any atom is 0.416 e. The first-order valence-electron chi connectivity index (χ1n) is 3.44. The van der Waals surface area contributed by atoms with E-state index in [1.807, 2.05) is 0 Å². The largest absolute Gasteiger partial charge is 0.416 e. The fraction of sp³-hybridized carbons (Fsp3) is 0.375. The summed E-state index contributed by atoms with van der Waals surface area (Å²) < 4.78 is 36.0. The third-order valence-corrected chi connectivity index (χ3v) is 1.56. The lowest BCUT2D eigenvalue weighted by atomic mass is 10.1. The highest BCUT2D eigenvalue weighted by molar-refractivity contribution is 5.30. The van der Waals surface area contributed by atoms with Gasteiger partial charge in [-0.3, -0.25) is 0 Å². The Morgan fingerprint density at radius 3 is 2.50 bits per heavy atom. The van der Waals surface area contributed by atoms with E-state index in [0.29, 0.717) is 5.70 Å². The zero-order valence-corrected chi connectivity index (χ0v) is 6.50. The molecule has 12 heavy (non-hydrogen) atoms. The van der Waals surface area contributed by atoms with Gasteiger partial charge in [-0.1, -0.05) is 11.8 Å². The first kappa shape index (κ1) is 8.94. The summed E-state index contributed by atoms with van der Waals surface area (Å²) in [6.07, 6.45) is -1.88. The van der Waals surface area contributed by atoms with Crippen molar-refractivity contribution in [1.82, 2.24) is 5.32 Å². The highest BCUT2D eigenvalue weighted by atomic mass is 19.4. The summed E-state index contributed by atoms with van der Waals surface area (Å²) in [5.41, 5.74) is 2.56. The fourth-order valence-corrected chi connectivity index (χ4v) is 0.867. The summed E-state index contributed by atoms with van der Waals surface area (Å²) in [5, 5.41) is 2.74. The Morgan fingerprint density at radius 1 is 1.50 bits per heavy atom. The Labute approximate surface area is 68.3 Å². The molecule has 1 rings (SSSR count). The molecule has 0 amide bonds. The van der Waals surface area contributed by atoms with Crippen molar-refractivity contribution in [1.29, 1.82) is 0 Å². The Hall–Kier alpha value is -1.15. The fourth-order valence-electron chi connectivity index (χ4n) is 0.867. The molecule has 1 aliphatic rings. The van der Waals surface area contributed by atoms with E-state index in [9.17, 15) is 13.2 Å². The number of halogens is 3. The van der Waals surface area contributed by atoms with Crippen LogP contribution in [0.15, 0.2) is 29.2 Å². The molecule has 1 nitrogen and oxygen atoms in total. The van der Waals surface area contributed by atoms with E-state index >= 15 is 0 Å². The Morgan fingerprint density at radius 2 is 2.17 bits per heavy atom. The zero-order valence-electron chi connectivity index (χ0n) is 6.50. The monoisotopic (exact) mass is 175 g/mol. The minimum Gasteiger partial charge on any atom is -0.385 e. The van der Waals surface area contributed by atoms with Crippen LogP contribution < -0.4 is 5.32 Å². The van der Waals surface area contributed by atoms with Gasteiger partial charge in [0.25, 0.3) is 0 Å². The lowest BCUT2D eigenvalue weighted by molar-refractivity contribution is -0.0884. The van der Waals surface area contributed by atoms with Gasteiger partial charge in [-0.05, 0) is 6.08 Å². The molecule has 0 heterocycles. The van der Waals surface area contributed by atoms with Gasteiger partial charge in [0.2, 0.25) is 0 Å². The van der Waals surface area contributed by atoms with Crippen molar-refractivity contribution in [3.63, 3.8) is 0 Å². The Kier molecular flexibility index (Phi) is 2.29. The number of hydrogen-bond acceptors (Lipinski definition) is 1. The maximum atomic E-state index is 12.0. The van der Waals surface area contributed by atoms with Gasteiger partial charge in [0.05, 0.1) is 11.3 Å². The molecule has 0 aromatic rings. The summed E-state index contributed by atoms with van der Waals surface area (Å²) in [6, 6.07) is 0. The first-order valence-corrected chi connectivity index (χ1v) is 3.44. The summed E-state index contributed by atoms with van der Waals surface area (Å²) in [7, 11) is 1.66. The van der Waals surface area contributed by atoms with Gasteiger partial charge in [0.15, 0.2) is 0 Å². The molecule has 0 spiro atoms. The Balaban J connectivity index is 2.83. The minimum absolute atomic E-state index is 0.266. The molecule has 0 saturated heterocycles. The van der Waals surface area contributed by atoms with Gasteiger partial charge in [-0.25, -0.2) is 0 Å². The van der Waals surface area contributed by atoms with Crippen LogP contribution in [0.1, 0.15) is 6.42 Å². The van der Waals surface area contributed by atoms with Gasteiger partial charge in [0, 0.05) is 13.5 Å². The average molecular weight is 175 g/mol. The minimum atomic E-state index is -4.24. The standard InChI is InChI=1S/C8H8F3N/c1-12-7-4-2-6(3-5-7)8(9,10)11/h2-3,12H,4H2,1H3. The predicted molar refractivity (Wildman–Crippen MR) is 39.4 cm³/mol. The second-order valence-electron chi connectivity index (χ2n) is 2.38. The molecule has 0 bridgehead atoms. The van der Waals surface area contributed by atoms with E-state index in [1.165, 1.54) is 0 Å². The summed E-state index contributed by atoms with van der Waals surface area (Å²) >= 11 is 0. The van der Waals surface area contributed by atoms with Gasteiger partial charge >= 0.3 is 6.18 Å². The summed E-state index contributed by atoms with van der Waals surface area (Å²) in [6.45, 7) is 0. The van der Waals surface area contributed by atoms with Crippen LogP contribution in [0.4, 0.5) is 13.2 Å². The zero-order chi connectivity index (χ0) is 9.19. The molecular weight excluding hydrogens is 167 g/mol. The molecule has 0 saturated carbocycles. The number of alkyl halides is 3. The molecule has 1 N–H and O–H groups in total. The number of rotatable bonds is 1. The third kappa shape index (κ3) is 1.92. The lowest BCUT2D eigenvalue weighted by Crippen LogP contribution is -2.13. The molecule has 0 aromatic carbocycles. The van der Waals surface area contributed by atoms with Crippen LogP contribution in [0.3, 0.4) is 0 Å². The molecule has 0 unspecified atom stereocenters. The summed E-state index contributed by atoms with van der Waals surface area (Å²) in [5.74, 6) is 0. The van der Waals surface area contributed by atoms with Crippen molar-refractivity contribution in [2.45, 2.75) is 12.6 Å². The molecule has 1 aliphatic carbocycles. The topological polar surface area (TPSA) is 12.0 Å². The maximum absolute atomic E-state index is 12.0. The second kappa shape index (κ2) is 3.07. The SMILES string of the molecule is CNC1=C=CC(C(F)(F)F)=CC1. The van der Waals surface area contributed by atoms with Crippen molar-refractivity contribution in [3.05, 3.63) is 29.2 Å². The van der Waals surface area contributed by atoms with Crippen molar-refractivity contribution >= 4 is 0 Å². The highest BCUT2D eigenvalue weighted by Gasteiger charge is 2.32. The molecule has 0 aliphatic heterocycles. The number of hydrogen-bond donors (Lipinski definition) is 1. The number of nitrogens with one attached hydrogen (secondary N) is 1. The van der Waals surface area contributed by atoms with Crippen molar-refractivity contribution < 1.29 is 13.2 Å². The van der Waals surface area contributed by atoms with Crippen molar-refractivity contribution in [3.8, 4) is 0 Å². The van der Waals surface area contributed by atoms with E-state index < -0.39 is 11.7 Å². The predicted octanol–water partition coefficient (Wildman–Crippen LogP) is 2.14. The quantitative estimate of drug-likeness (QED) is 0.602. The third-order valence-electron chi connectivity index (χ3n) is 1.56. The molecule has 0 radical (unpaired) electrons. The van der Waals surface area contributed by atoms with Crippen LogP contribution in [0, 0.1) is 0 Å². The van der Waals surface area contributed by atoms with Crippen LogP contribution in [0.25, 0.3) is 0 Å².